The van der Waals surface area contributed by atoms with Gasteiger partial charge in [-0.1, -0.05) is 54.4 Å². The normalized spacial score (nSPS) is 23.2. The Morgan fingerprint density at radius 1 is 0.755 bits per heavy atom. The van der Waals surface area contributed by atoms with Gasteiger partial charge < -0.3 is 20.9 Å². The van der Waals surface area contributed by atoms with Crippen LogP contribution in [0.25, 0.3) is 0 Å². The summed E-state index contributed by atoms with van der Waals surface area (Å²) in [5.41, 5.74) is 0.261. The molecule has 3 N–H and O–H groups in total. The Kier molecular flexibility index (Phi) is 13.4. The highest BCUT2D eigenvalue weighted by Crippen LogP contribution is 2.34. The van der Waals surface area contributed by atoms with Crippen molar-refractivity contribution < 1.29 is 0 Å². The molecular formula is C41H80N8. The largest absolute Gasteiger partial charge is 0.349 e. The van der Waals surface area contributed by atoms with Gasteiger partial charge in [0.25, 0.3) is 0 Å². The van der Waals surface area contributed by atoms with E-state index >= 15 is 0 Å². The average Bonchev–Trinajstić information content (AvgIpc) is 2.84. The number of nitrogens with one attached hydrogen (secondary N) is 3. The van der Waals surface area contributed by atoms with Gasteiger partial charge in [-0.15, -0.1) is 0 Å². The molecule has 1 aromatic heterocycles. The van der Waals surface area contributed by atoms with E-state index in [2.05, 4.69) is 143 Å². The summed E-state index contributed by atoms with van der Waals surface area (Å²) in [6.45, 7) is 41.5. The number of rotatable bonds is 14. The summed E-state index contributed by atoms with van der Waals surface area (Å²) < 4.78 is 0. The molecule has 8 nitrogen and oxygen atoms in total. The minimum absolute atomic E-state index is 0.0638. The molecule has 0 amide bonds. The third-order valence-electron chi connectivity index (χ3n) is 10.3. The minimum Gasteiger partial charge on any atom is -0.349 e. The van der Waals surface area contributed by atoms with E-state index in [1.165, 1.54) is 38.6 Å². The first kappa shape index (κ1) is 41.9. The molecule has 284 valence electrons. The second-order valence-electron chi connectivity index (χ2n) is 21.2. The molecule has 0 aliphatic carbocycles. The van der Waals surface area contributed by atoms with E-state index < -0.39 is 0 Å². The zero-order valence-corrected chi connectivity index (χ0v) is 35.3. The van der Waals surface area contributed by atoms with Crippen molar-refractivity contribution in [2.45, 2.75) is 227 Å². The highest BCUT2D eigenvalue weighted by Gasteiger charge is 2.40. The van der Waals surface area contributed by atoms with Crippen LogP contribution in [-0.4, -0.2) is 79.3 Å². The van der Waals surface area contributed by atoms with Crippen LogP contribution in [0.15, 0.2) is 0 Å². The van der Waals surface area contributed by atoms with Crippen LogP contribution < -0.4 is 20.9 Å². The third-order valence-corrected chi connectivity index (χ3v) is 10.3. The van der Waals surface area contributed by atoms with Gasteiger partial charge in [0.1, 0.15) is 5.82 Å². The van der Waals surface area contributed by atoms with Gasteiger partial charge in [0, 0.05) is 58.3 Å². The molecule has 2 saturated heterocycles. The fraction of sp³-hybridized carbons (Fsp3) is 0.927. The molecule has 0 aromatic carbocycles. The molecule has 3 heterocycles. The lowest BCUT2D eigenvalue weighted by Crippen LogP contribution is -2.63. The van der Waals surface area contributed by atoms with Crippen molar-refractivity contribution in [3.8, 4) is 0 Å². The van der Waals surface area contributed by atoms with Crippen LogP contribution in [0.2, 0.25) is 0 Å². The summed E-state index contributed by atoms with van der Waals surface area (Å²) in [6.07, 6.45) is 10.4. The summed E-state index contributed by atoms with van der Waals surface area (Å²) in [4.78, 5) is 20.8. The standard InChI is InChI=1S/C41H80N8/c1-29(2)48(32-26-39(12,13)47-40(14,15)27-32)22-20-18-19-21-23-49(31-24-30(3)45-38(10,11)25-31)35-43-33(37(7,8)9)42-34(44-35)46-41(16,17)28-36(4,5)6/h29-32,45,47H,18-28H2,1-17H3,(H,42,43,44,46). The number of unbranched alkanes of at least 4 members (excludes halogenated alkanes) is 3. The Morgan fingerprint density at radius 3 is 1.82 bits per heavy atom. The van der Waals surface area contributed by atoms with E-state index in [0.29, 0.717) is 30.1 Å². The average molecular weight is 685 g/mol. The predicted molar refractivity (Wildman–Crippen MR) is 212 cm³/mol. The summed E-state index contributed by atoms with van der Waals surface area (Å²) in [5.74, 6) is 2.40. The number of aromatic nitrogens is 3. The number of hydrogen-bond acceptors (Lipinski definition) is 8. The Bertz CT molecular complexity index is 1170. The van der Waals surface area contributed by atoms with Gasteiger partial charge in [-0.05, 0) is 133 Å². The van der Waals surface area contributed by atoms with Gasteiger partial charge >= 0.3 is 0 Å². The zero-order chi connectivity index (χ0) is 37.2. The van der Waals surface area contributed by atoms with E-state index in [9.17, 15) is 0 Å². The quantitative estimate of drug-likeness (QED) is 0.168. The molecule has 2 unspecified atom stereocenters. The molecule has 3 rings (SSSR count). The zero-order valence-electron chi connectivity index (χ0n) is 35.3. The van der Waals surface area contributed by atoms with E-state index in [-0.39, 0.29) is 33.0 Å². The first-order valence-electron chi connectivity index (χ1n) is 19.8. The SMILES string of the molecule is CC1CC(N(CCCCCCN(C(C)C)C2CC(C)(C)NC(C)(C)C2)c2nc(NC(C)(C)CC(C)(C)C)nc(C(C)(C)C)n2)CC(C)(C)N1. The summed E-state index contributed by atoms with van der Waals surface area (Å²) in [7, 11) is 0. The fourth-order valence-corrected chi connectivity index (χ4v) is 9.40. The Balaban J connectivity index is 1.79. The van der Waals surface area contributed by atoms with E-state index in [1.807, 2.05) is 0 Å². The molecule has 2 atom stereocenters. The Hall–Kier alpha value is -1.51. The monoisotopic (exact) mass is 685 g/mol. The van der Waals surface area contributed by atoms with Gasteiger partial charge in [-0.2, -0.15) is 15.0 Å². The Labute approximate surface area is 303 Å². The van der Waals surface area contributed by atoms with Gasteiger partial charge in [0.15, 0.2) is 0 Å². The smallest absolute Gasteiger partial charge is 0.230 e. The van der Waals surface area contributed by atoms with Gasteiger partial charge in [0.2, 0.25) is 11.9 Å². The molecule has 8 heteroatoms. The lowest BCUT2D eigenvalue weighted by molar-refractivity contribution is 0.0466. The maximum atomic E-state index is 5.22. The highest BCUT2D eigenvalue weighted by atomic mass is 15.3. The van der Waals surface area contributed by atoms with Crippen LogP contribution in [0, 0.1) is 5.41 Å². The molecule has 1 aromatic rings. The fourth-order valence-electron chi connectivity index (χ4n) is 9.40. The molecular weight excluding hydrogens is 605 g/mol. The number of hydrogen-bond donors (Lipinski definition) is 3. The van der Waals surface area contributed by atoms with Gasteiger partial charge in [-0.25, -0.2) is 0 Å². The first-order chi connectivity index (χ1) is 22.2. The van der Waals surface area contributed by atoms with Crippen molar-refractivity contribution in [1.82, 2.24) is 30.5 Å². The van der Waals surface area contributed by atoms with Crippen LogP contribution >= 0.6 is 0 Å². The second-order valence-corrected chi connectivity index (χ2v) is 21.2. The van der Waals surface area contributed by atoms with Crippen molar-refractivity contribution >= 4 is 11.9 Å². The molecule has 2 fully saturated rings. The first-order valence-corrected chi connectivity index (χ1v) is 19.8. The second kappa shape index (κ2) is 15.6. The van der Waals surface area contributed by atoms with Gasteiger partial charge in [0.05, 0.1) is 0 Å². The number of anilines is 2. The predicted octanol–water partition coefficient (Wildman–Crippen LogP) is 9.10. The van der Waals surface area contributed by atoms with Crippen molar-refractivity contribution in [3.63, 3.8) is 0 Å². The molecule has 0 saturated carbocycles. The third kappa shape index (κ3) is 13.5. The lowest BCUT2D eigenvalue weighted by atomic mass is 9.78. The van der Waals surface area contributed by atoms with E-state index in [4.69, 9.17) is 15.0 Å². The van der Waals surface area contributed by atoms with Gasteiger partial charge in [-0.3, -0.25) is 4.90 Å². The van der Waals surface area contributed by atoms with Crippen molar-refractivity contribution in [2.75, 3.05) is 23.3 Å². The lowest BCUT2D eigenvalue weighted by Gasteiger charge is -2.50. The number of nitrogens with zero attached hydrogens (tertiary/aromatic N) is 5. The van der Waals surface area contributed by atoms with Crippen LogP contribution in [0.5, 0.6) is 0 Å². The summed E-state index contributed by atoms with van der Waals surface area (Å²) in [6, 6.07) is 2.01. The van der Waals surface area contributed by atoms with Crippen LogP contribution in [0.1, 0.15) is 181 Å². The van der Waals surface area contributed by atoms with E-state index in [1.54, 1.807) is 0 Å². The Morgan fingerprint density at radius 2 is 1.31 bits per heavy atom. The molecule has 49 heavy (non-hydrogen) atoms. The van der Waals surface area contributed by atoms with Crippen LogP contribution in [-0.2, 0) is 5.41 Å². The van der Waals surface area contributed by atoms with Crippen LogP contribution in [0.3, 0.4) is 0 Å². The van der Waals surface area contributed by atoms with Crippen molar-refractivity contribution in [1.29, 1.82) is 0 Å². The molecule has 2 aliphatic heterocycles. The maximum Gasteiger partial charge on any atom is 0.230 e. The number of piperidine rings is 2. The topological polar surface area (TPSA) is 81.2 Å². The van der Waals surface area contributed by atoms with Crippen molar-refractivity contribution in [3.05, 3.63) is 5.82 Å². The van der Waals surface area contributed by atoms with Crippen molar-refractivity contribution in [2.24, 2.45) is 5.41 Å². The molecule has 0 spiro atoms. The maximum absolute atomic E-state index is 5.22. The van der Waals surface area contributed by atoms with E-state index in [0.717, 1.165) is 44.0 Å². The minimum atomic E-state index is -0.185. The molecule has 0 bridgehead atoms. The summed E-state index contributed by atoms with van der Waals surface area (Å²) in [5, 5.41) is 11.5. The molecule has 2 aliphatic rings. The highest BCUT2D eigenvalue weighted by molar-refractivity contribution is 5.41. The van der Waals surface area contributed by atoms with Crippen LogP contribution in [0.4, 0.5) is 11.9 Å². The molecule has 0 radical (unpaired) electrons. The summed E-state index contributed by atoms with van der Waals surface area (Å²) >= 11 is 0.